The molecule has 0 saturated heterocycles. The molecule has 0 N–H and O–H groups in total. The van der Waals surface area contributed by atoms with Crippen molar-refractivity contribution in [2.75, 3.05) is 18.0 Å². The van der Waals surface area contributed by atoms with E-state index in [0.717, 1.165) is 37.1 Å². The molecule has 0 radical (unpaired) electrons. The summed E-state index contributed by atoms with van der Waals surface area (Å²) in [5, 5.41) is 30.0. The Morgan fingerprint density at radius 2 is 1.60 bits per heavy atom. The van der Waals surface area contributed by atoms with Crippen LogP contribution in [0.5, 0.6) is 0 Å². The highest BCUT2D eigenvalue weighted by molar-refractivity contribution is 6.42. The van der Waals surface area contributed by atoms with Crippen molar-refractivity contribution in [3.8, 4) is 18.2 Å². The molecule has 45 heavy (non-hydrogen) atoms. The van der Waals surface area contributed by atoms with Gasteiger partial charge in [-0.2, -0.15) is 15.8 Å². The second-order valence-electron chi connectivity index (χ2n) is 12.0. The monoisotopic (exact) mass is 634 g/mol. The van der Waals surface area contributed by atoms with Crippen LogP contribution in [0.3, 0.4) is 0 Å². The molecule has 1 aliphatic carbocycles. The fraction of sp³-hybridized carbons (Fsp3) is 0.289. The van der Waals surface area contributed by atoms with Gasteiger partial charge in [0.25, 0.3) is 0 Å². The summed E-state index contributed by atoms with van der Waals surface area (Å²) in [4.78, 5) is 2.33. The first-order valence-corrected chi connectivity index (χ1v) is 15.7. The van der Waals surface area contributed by atoms with Crippen molar-refractivity contribution < 1.29 is 4.74 Å². The van der Waals surface area contributed by atoms with Crippen LogP contribution in [-0.2, 0) is 10.3 Å². The summed E-state index contributed by atoms with van der Waals surface area (Å²) in [5.74, 6) is -0.0420. The summed E-state index contributed by atoms with van der Waals surface area (Å²) in [6.07, 6.45) is 14.2. The van der Waals surface area contributed by atoms with E-state index in [0.29, 0.717) is 21.2 Å². The Bertz CT molecular complexity index is 1770. The van der Waals surface area contributed by atoms with Gasteiger partial charge in [0.1, 0.15) is 23.8 Å². The fourth-order valence-corrected chi connectivity index (χ4v) is 6.21. The fourth-order valence-electron chi connectivity index (χ4n) is 5.91. The number of benzene rings is 2. The van der Waals surface area contributed by atoms with Crippen LogP contribution in [0.25, 0.3) is 6.08 Å². The molecule has 0 amide bonds. The van der Waals surface area contributed by atoms with E-state index in [9.17, 15) is 15.8 Å². The molecule has 5 nitrogen and oxygen atoms in total. The maximum absolute atomic E-state index is 10.1. The lowest BCUT2D eigenvalue weighted by Crippen LogP contribution is -2.23. The SMILES string of the molecule is CCN(CC)c1ccc(C=CC2=CC(=CC=CC3=C(C#N)C(=C(C#N)C#N)OC3(C)c3ccc(Cl)c(Cl)c3)CC(C)(C)C2)cc1. The Morgan fingerprint density at radius 3 is 2.20 bits per heavy atom. The van der Waals surface area contributed by atoms with Crippen LogP contribution in [0.2, 0.25) is 10.0 Å². The van der Waals surface area contributed by atoms with Crippen LogP contribution in [0.15, 0.2) is 106 Å². The van der Waals surface area contributed by atoms with Crippen molar-refractivity contribution in [1.82, 2.24) is 0 Å². The number of allylic oxidation sites excluding steroid dienone is 8. The minimum absolute atomic E-state index is 0.0420. The summed E-state index contributed by atoms with van der Waals surface area (Å²) in [7, 11) is 0. The summed E-state index contributed by atoms with van der Waals surface area (Å²) < 4.78 is 6.23. The quantitative estimate of drug-likeness (QED) is 0.270. The molecular weight excluding hydrogens is 599 g/mol. The van der Waals surface area contributed by atoms with Gasteiger partial charge >= 0.3 is 0 Å². The van der Waals surface area contributed by atoms with Crippen molar-refractivity contribution in [3.63, 3.8) is 0 Å². The highest BCUT2D eigenvalue weighted by Gasteiger charge is 2.44. The van der Waals surface area contributed by atoms with E-state index in [-0.39, 0.29) is 22.3 Å². The standard InChI is InChI=1S/C38H36Cl2N4O/c1-6-44(7-2)31-16-13-26(14-17-31)11-12-28-19-27(21-37(3,4)22-28)9-8-10-33-32(25-43)36(29(23-41)24-42)45-38(33,5)30-15-18-34(39)35(40)20-30/h8-20H,6-7,21-22H2,1-5H3. The van der Waals surface area contributed by atoms with Crippen molar-refractivity contribution in [3.05, 3.63) is 128 Å². The molecule has 0 fully saturated rings. The molecule has 228 valence electrons. The molecular formula is C38H36Cl2N4O. The normalized spacial score (nSPS) is 20.1. The predicted octanol–water partition coefficient (Wildman–Crippen LogP) is 10.1. The van der Waals surface area contributed by atoms with E-state index in [1.807, 2.05) is 30.4 Å². The first-order chi connectivity index (χ1) is 21.5. The molecule has 2 aromatic rings. The molecule has 4 rings (SSSR count). The molecule has 0 bridgehead atoms. The zero-order chi connectivity index (χ0) is 32.8. The number of hydrogen-bond donors (Lipinski definition) is 0. The van der Waals surface area contributed by atoms with Gasteiger partial charge in [-0.1, -0.05) is 91.7 Å². The third-order valence-electron chi connectivity index (χ3n) is 8.17. The molecule has 0 aromatic heterocycles. The van der Waals surface area contributed by atoms with E-state index in [1.54, 1.807) is 25.1 Å². The van der Waals surface area contributed by atoms with Crippen LogP contribution in [0, 0.1) is 39.4 Å². The van der Waals surface area contributed by atoms with Gasteiger partial charge in [-0.15, -0.1) is 0 Å². The highest BCUT2D eigenvalue weighted by atomic mass is 35.5. The zero-order valence-electron chi connectivity index (χ0n) is 26.3. The highest BCUT2D eigenvalue weighted by Crippen LogP contribution is 2.48. The maximum atomic E-state index is 10.1. The molecule has 1 atom stereocenters. The number of anilines is 1. The third kappa shape index (κ3) is 7.44. The van der Waals surface area contributed by atoms with Crippen molar-refractivity contribution in [2.45, 2.75) is 53.1 Å². The van der Waals surface area contributed by atoms with Crippen molar-refractivity contribution >= 4 is 35.0 Å². The van der Waals surface area contributed by atoms with E-state index in [2.05, 4.69) is 81.2 Å². The van der Waals surface area contributed by atoms with Crippen molar-refractivity contribution in [2.24, 2.45) is 5.41 Å². The number of nitrogens with zero attached hydrogens (tertiary/aromatic N) is 4. The van der Waals surface area contributed by atoms with Crippen LogP contribution in [0.4, 0.5) is 5.69 Å². The van der Waals surface area contributed by atoms with Gasteiger partial charge in [0.05, 0.1) is 10.0 Å². The average molecular weight is 636 g/mol. The van der Waals surface area contributed by atoms with E-state index >= 15 is 0 Å². The van der Waals surface area contributed by atoms with E-state index < -0.39 is 5.60 Å². The van der Waals surface area contributed by atoms with Crippen LogP contribution >= 0.6 is 23.2 Å². The van der Waals surface area contributed by atoms with Gasteiger partial charge in [-0.3, -0.25) is 0 Å². The lowest BCUT2D eigenvalue weighted by molar-refractivity contribution is 0.0755. The molecule has 1 unspecified atom stereocenters. The number of ether oxygens (including phenoxy) is 1. The van der Waals surface area contributed by atoms with E-state index in [1.165, 1.54) is 11.3 Å². The van der Waals surface area contributed by atoms with Crippen LogP contribution in [-0.4, -0.2) is 13.1 Å². The summed E-state index contributed by atoms with van der Waals surface area (Å²) >= 11 is 12.5. The smallest absolute Gasteiger partial charge is 0.172 e. The van der Waals surface area contributed by atoms with Gasteiger partial charge in [-0.05, 0) is 80.0 Å². The second kappa shape index (κ2) is 14.1. The molecule has 0 saturated carbocycles. The average Bonchev–Trinajstić information content (AvgIpc) is 3.30. The second-order valence-corrected chi connectivity index (χ2v) is 12.8. The van der Waals surface area contributed by atoms with Gasteiger partial charge in [0.2, 0.25) is 0 Å². The first kappa shape index (κ1) is 33.4. The number of hydrogen-bond acceptors (Lipinski definition) is 5. The summed E-state index contributed by atoms with van der Waals surface area (Å²) in [5.41, 5.74) is 4.66. The Kier molecular flexibility index (Phi) is 10.5. The lowest BCUT2D eigenvalue weighted by Gasteiger charge is -2.30. The number of rotatable bonds is 8. The van der Waals surface area contributed by atoms with Gasteiger partial charge < -0.3 is 9.64 Å². The zero-order valence-corrected chi connectivity index (χ0v) is 27.8. The molecule has 2 aromatic carbocycles. The Labute approximate surface area is 276 Å². The molecule has 0 spiro atoms. The first-order valence-electron chi connectivity index (χ1n) is 14.9. The van der Waals surface area contributed by atoms with Gasteiger partial charge in [0, 0.05) is 29.9 Å². The van der Waals surface area contributed by atoms with Gasteiger partial charge in [0.15, 0.2) is 16.9 Å². The lowest BCUT2D eigenvalue weighted by atomic mass is 9.75. The Morgan fingerprint density at radius 1 is 0.911 bits per heavy atom. The van der Waals surface area contributed by atoms with Gasteiger partial charge in [-0.25, -0.2) is 0 Å². The Hall–Kier alpha value is -4.47. The van der Waals surface area contributed by atoms with Crippen LogP contribution < -0.4 is 4.90 Å². The number of halogens is 2. The van der Waals surface area contributed by atoms with Crippen LogP contribution in [0.1, 0.15) is 58.6 Å². The van der Waals surface area contributed by atoms with Crippen molar-refractivity contribution in [1.29, 1.82) is 15.8 Å². The minimum Gasteiger partial charge on any atom is -0.474 e. The summed E-state index contributed by atoms with van der Waals surface area (Å²) in [6.45, 7) is 12.6. The largest absolute Gasteiger partial charge is 0.474 e. The third-order valence-corrected chi connectivity index (χ3v) is 8.91. The topological polar surface area (TPSA) is 83.8 Å². The van der Waals surface area contributed by atoms with E-state index in [4.69, 9.17) is 27.9 Å². The Balaban J connectivity index is 1.69. The number of nitriles is 3. The minimum atomic E-state index is -1.18. The summed E-state index contributed by atoms with van der Waals surface area (Å²) in [6, 6.07) is 19.6. The molecule has 1 aliphatic heterocycles. The molecule has 7 heteroatoms. The maximum Gasteiger partial charge on any atom is 0.172 e. The predicted molar refractivity (Wildman–Crippen MR) is 183 cm³/mol. The molecule has 1 heterocycles. The molecule has 2 aliphatic rings.